The number of phenolic OH excluding ortho intramolecular Hbond substituents is 1. The van der Waals surface area contributed by atoms with E-state index in [2.05, 4.69) is 37.2 Å². The van der Waals surface area contributed by atoms with Crippen LogP contribution >= 0.6 is 43.5 Å². The Morgan fingerprint density at radius 3 is 2.46 bits per heavy atom. The summed E-state index contributed by atoms with van der Waals surface area (Å²) in [6.07, 6.45) is -0.0198. The number of aliphatic hydroxyl groups excluding tert-OH is 1. The maximum absolute atomic E-state index is 11.9. The monoisotopic (exact) mass is 533 g/mol. The van der Waals surface area contributed by atoms with Crippen LogP contribution in [0.5, 0.6) is 17.2 Å². The summed E-state index contributed by atoms with van der Waals surface area (Å²) in [6, 6.07) is 3.55. The van der Waals surface area contributed by atoms with Crippen molar-refractivity contribution in [2.75, 3.05) is 11.9 Å². The van der Waals surface area contributed by atoms with Gasteiger partial charge >= 0.3 is 0 Å². The maximum atomic E-state index is 11.9. The number of aliphatic hydroxyl groups is 1. The summed E-state index contributed by atoms with van der Waals surface area (Å²) in [5, 5.41) is 22.2. The van der Waals surface area contributed by atoms with Gasteiger partial charge in [-0.3, -0.25) is 4.79 Å². The summed E-state index contributed by atoms with van der Waals surface area (Å²) < 4.78 is 7.19. The van der Waals surface area contributed by atoms with E-state index in [4.69, 9.17) is 21.4 Å². The Kier molecular flexibility index (Phi) is 7.79. The Morgan fingerprint density at radius 1 is 1.25 bits per heavy atom. The number of benzene rings is 2. The first-order valence-electron chi connectivity index (χ1n) is 8.67. The number of halogens is 3. The van der Waals surface area contributed by atoms with E-state index in [1.54, 1.807) is 19.1 Å². The van der Waals surface area contributed by atoms with Crippen molar-refractivity contribution in [3.63, 3.8) is 0 Å². The molecule has 28 heavy (non-hydrogen) atoms. The van der Waals surface area contributed by atoms with Crippen LogP contribution in [0, 0.1) is 13.8 Å². The van der Waals surface area contributed by atoms with Crippen molar-refractivity contribution in [2.45, 2.75) is 40.0 Å². The summed E-state index contributed by atoms with van der Waals surface area (Å²) in [5.41, 5.74) is 2.63. The average molecular weight is 536 g/mol. The summed E-state index contributed by atoms with van der Waals surface area (Å²) in [7, 11) is 0. The van der Waals surface area contributed by atoms with E-state index in [1.165, 1.54) is 0 Å². The van der Waals surface area contributed by atoms with Gasteiger partial charge in [0.1, 0.15) is 11.5 Å². The number of amides is 1. The number of nitrogens with one attached hydrogen (secondary N) is 1. The Balaban J connectivity index is 2.50. The van der Waals surface area contributed by atoms with E-state index in [0.717, 1.165) is 5.56 Å². The molecule has 3 N–H and O–H groups in total. The van der Waals surface area contributed by atoms with E-state index in [0.29, 0.717) is 42.3 Å². The van der Waals surface area contributed by atoms with Gasteiger partial charge in [0.25, 0.3) is 0 Å². The summed E-state index contributed by atoms with van der Waals surface area (Å²) in [5.74, 6) is 1.08. The zero-order valence-corrected chi connectivity index (χ0v) is 19.9. The number of carbonyl (C=O) groups excluding carboxylic acids is 1. The van der Waals surface area contributed by atoms with Crippen LogP contribution in [0.3, 0.4) is 0 Å². The highest BCUT2D eigenvalue weighted by Crippen LogP contribution is 2.48. The summed E-state index contributed by atoms with van der Waals surface area (Å²) >= 11 is 13.4. The van der Waals surface area contributed by atoms with Gasteiger partial charge in [0.2, 0.25) is 5.91 Å². The van der Waals surface area contributed by atoms with Gasteiger partial charge in [0, 0.05) is 5.56 Å². The topological polar surface area (TPSA) is 78.8 Å². The minimum atomic E-state index is -0.337. The van der Waals surface area contributed by atoms with E-state index in [1.807, 2.05) is 20.8 Å². The number of aryl methyl sites for hydroxylation is 1. The second kappa shape index (κ2) is 9.48. The molecule has 0 bridgehead atoms. The van der Waals surface area contributed by atoms with Gasteiger partial charge in [-0.2, -0.15) is 0 Å². The van der Waals surface area contributed by atoms with E-state index < -0.39 is 0 Å². The molecule has 2 rings (SSSR count). The molecule has 0 aromatic heterocycles. The number of aromatic hydroxyl groups is 1. The first-order valence-corrected chi connectivity index (χ1v) is 10.6. The van der Waals surface area contributed by atoms with Crippen molar-refractivity contribution >= 4 is 55.1 Å². The molecule has 0 aliphatic carbocycles. The second-order valence-corrected chi connectivity index (χ2v) is 8.69. The number of anilines is 1. The van der Waals surface area contributed by atoms with Gasteiger partial charge < -0.3 is 20.3 Å². The molecule has 0 aliphatic rings. The Labute approximate surface area is 186 Å². The number of phenols is 1. The van der Waals surface area contributed by atoms with E-state index >= 15 is 0 Å². The molecule has 0 saturated heterocycles. The molecule has 1 amide bonds. The molecule has 0 atom stereocenters. The van der Waals surface area contributed by atoms with Crippen molar-refractivity contribution in [2.24, 2.45) is 0 Å². The van der Waals surface area contributed by atoms with Crippen molar-refractivity contribution in [1.29, 1.82) is 0 Å². The third-order valence-electron chi connectivity index (χ3n) is 4.26. The molecule has 2 aromatic carbocycles. The molecule has 0 saturated carbocycles. The molecular formula is C20H22Br2ClNO4. The Bertz CT molecular complexity index is 887. The molecule has 0 heterocycles. The maximum Gasteiger partial charge on any atom is 0.226 e. The predicted octanol–water partition coefficient (Wildman–Crippen LogP) is 6.42. The highest BCUT2D eigenvalue weighted by molar-refractivity contribution is 9.11. The van der Waals surface area contributed by atoms with Crippen LogP contribution in [-0.4, -0.2) is 22.7 Å². The molecule has 5 nitrogen and oxygen atoms in total. The Hall–Kier alpha value is -1.28. The minimum absolute atomic E-state index is 0.0198. The zero-order chi connectivity index (χ0) is 21.2. The SMILES string of the molecule is Cc1cc(Oc2c(Br)c(C)c(NC(=O)CCO)c(Cl)c2Br)cc(C(C)C)c1O. The smallest absolute Gasteiger partial charge is 0.226 e. The first kappa shape index (κ1) is 23.0. The standard InChI is InChI=1S/C20H22Br2ClNO4/c1-9(2)13-8-12(7-10(3)19(13)27)28-20-15(21)11(4)18(17(23)16(20)22)24-14(26)5-6-25/h7-9,25,27H,5-6H2,1-4H3,(H,24,26). The highest BCUT2D eigenvalue weighted by Gasteiger charge is 2.22. The van der Waals surface area contributed by atoms with Gasteiger partial charge in [-0.15, -0.1) is 0 Å². The lowest BCUT2D eigenvalue weighted by molar-refractivity contribution is -0.116. The molecule has 0 radical (unpaired) electrons. The third-order valence-corrected chi connectivity index (χ3v) is 6.58. The number of ether oxygens (including phenoxy) is 1. The van der Waals surface area contributed by atoms with Crippen molar-refractivity contribution in [3.05, 3.63) is 42.8 Å². The van der Waals surface area contributed by atoms with Crippen LogP contribution in [0.2, 0.25) is 5.02 Å². The molecule has 8 heteroatoms. The molecule has 0 unspecified atom stereocenters. The average Bonchev–Trinajstić information content (AvgIpc) is 2.63. The van der Waals surface area contributed by atoms with E-state index in [9.17, 15) is 9.90 Å². The van der Waals surface area contributed by atoms with Gasteiger partial charge in [-0.25, -0.2) is 0 Å². The van der Waals surface area contributed by atoms with Crippen LogP contribution in [-0.2, 0) is 4.79 Å². The summed E-state index contributed by atoms with van der Waals surface area (Å²) in [6.45, 7) is 7.36. The third kappa shape index (κ3) is 4.82. The van der Waals surface area contributed by atoms with Gasteiger partial charge in [-0.05, 0) is 74.9 Å². The predicted molar refractivity (Wildman–Crippen MR) is 119 cm³/mol. The molecule has 152 valence electrons. The molecule has 0 fully saturated rings. The molecule has 0 spiro atoms. The quantitative estimate of drug-likeness (QED) is 0.373. The van der Waals surface area contributed by atoms with Crippen molar-refractivity contribution in [1.82, 2.24) is 0 Å². The van der Waals surface area contributed by atoms with Crippen LogP contribution in [0.25, 0.3) is 0 Å². The summed E-state index contributed by atoms with van der Waals surface area (Å²) in [4.78, 5) is 11.9. The first-order chi connectivity index (χ1) is 13.1. The zero-order valence-electron chi connectivity index (χ0n) is 16.0. The van der Waals surface area contributed by atoms with Gasteiger partial charge in [0.15, 0.2) is 5.75 Å². The highest BCUT2D eigenvalue weighted by atomic mass is 79.9. The van der Waals surface area contributed by atoms with Crippen LogP contribution < -0.4 is 10.1 Å². The van der Waals surface area contributed by atoms with Gasteiger partial charge in [0.05, 0.1) is 32.7 Å². The van der Waals surface area contributed by atoms with Crippen molar-refractivity contribution in [3.8, 4) is 17.2 Å². The fraction of sp³-hybridized carbons (Fsp3) is 0.350. The van der Waals surface area contributed by atoms with E-state index in [-0.39, 0.29) is 30.6 Å². The number of hydrogen-bond acceptors (Lipinski definition) is 4. The number of hydrogen-bond donors (Lipinski definition) is 3. The lowest BCUT2D eigenvalue weighted by Gasteiger charge is -2.19. The van der Waals surface area contributed by atoms with Gasteiger partial charge in [-0.1, -0.05) is 25.4 Å². The molecular weight excluding hydrogens is 513 g/mol. The van der Waals surface area contributed by atoms with Crippen LogP contribution in [0.1, 0.15) is 42.9 Å². The minimum Gasteiger partial charge on any atom is -0.507 e. The van der Waals surface area contributed by atoms with Crippen molar-refractivity contribution < 1.29 is 19.7 Å². The van der Waals surface area contributed by atoms with Crippen LogP contribution in [0.15, 0.2) is 21.1 Å². The molecule has 2 aromatic rings. The van der Waals surface area contributed by atoms with Crippen LogP contribution in [0.4, 0.5) is 5.69 Å². The lowest BCUT2D eigenvalue weighted by Crippen LogP contribution is -2.14. The fourth-order valence-corrected chi connectivity index (χ4v) is 4.18. The number of rotatable bonds is 6. The largest absolute Gasteiger partial charge is 0.507 e. The normalized spacial score (nSPS) is 11.0. The second-order valence-electron chi connectivity index (χ2n) is 6.73. The Morgan fingerprint density at radius 2 is 1.89 bits per heavy atom. The number of carbonyl (C=O) groups is 1. The lowest BCUT2D eigenvalue weighted by atomic mass is 9.99. The fourth-order valence-electron chi connectivity index (χ4n) is 2.68. The molecule has 0 aliphatic heterocycles.